The van der Waals surface area contributed by atoms with Crippen molar-refractivity contribution < 1.29 is 27.7 Å². The van der Waals surface area contributed by atoms with Gasteiger partial charge in [0.05, 0.1) is 18.3 Å². The van der Waals surface area contributed by atoms with Crippen LogP contribution in [0.3, 0.4) is 0 Å². The molecule has 3 N–H and O–H groups in total. The monoisotopic (exact) mass is 286 g/mol. The van der Waals surface area contributed by atoms with Crippen LogP contribution in [0, 0.1) is 0 Å². The summed E-state index contributed by atoms with van der Waals surface area (Å²) >= 11 is 0. The summed E-state index contributed by atoms with van der Waals surface area (Å²) < 4.78 is 15.9. The molecule has 6 nitrogen and oxygen atoms in total. The summed E-state index contributed by atoms with van der Waals surface area (Å²) in [6.45, 7) is 3.85. The molecule has 3 atom stereocenters. The molecular weight excluding hydrogens is 264 g/mol. The van der Waals surface area contributed by atoms with Crippen molar-refractivity contribution in [2.45, 2.75) is 45.0 Å². The highest BCUT2D eigenvalue weighted by atomic mass is 28.3. The van der Waals surface area contributed by atoms with Gasteiger partial charge in [0.25, 0.3) is 0 Å². The van der Waals surface area contributed by atoms with Crippen molar-refractivity contribution in [3.63, 3.8) is 0 Å². The molecule has 16 heavy (non-hydrogen) atoms. The van der Waals surface area contributed by atoms with E-state index in [9.17, 15) is 0 Å². The minimum Gasteiger partial charge on any atom is -0.415 e. The summed E-state index contributed by atoms with van der Waals surface area (Å²) in [7, 11) is -4.59. The van der Waals surface area contributed by atoms with Crippen LogP contribution in [0.15, 0.2) is 0 Å². The van der Waals surface area contributed by atoms with Crippen molar-refractivity contribution in [2.75, 3.05) is 0 Å². The second-order valence-electron chi connectivity index (χ2n) is 3.25. The molecule has 0 aromatic carbocycles. The first-order chi connectivity index (χ1) is 7.74. The van der Waals surface area contributed by atoms with Gasteiger partial charge in [-0.25, -0.2) is 0 Å². The lowest BCUT2D eigenvalue weighted by atomic mass is 10.0. The first-order valence-corrected chi connectivity index (χ1v) is 9.05. The van der Waals surface area contributed by atoms with Gasteiger partial charge in [-0.05, 0) is 12.8 Å². The van der Waals surface area contributed by atoms with Crippen molar-refractivity contribution in [3.05, 3.63) is 0 Å². The van der Waals surface area contributed by atoms with E-state index in [4.69, 9.17) is 27.7 Å². The fourth-order valence-corrected chi connectivity index (χ4v) is 3.46. The number of hydrogen-bond donors (Lipinski definition) is 3. The van der Waals surface area contributed by atoms with Crippen LogP contribution in [0.4, 0.5) is 0 Å². The predicted octanol–water partition coefficient (Wildman–Crippen LogP) is -3.06. The Morgan fingerprint density at radius 2 is 1.19 bits per heavy atom. The minimum atomic E-state index is -1.56. The standard InChI is InChI=1S/C7H22O6Si3/c1-3-5(11-14-8)7(13-16-10)6(4-2)12-15-9/h5-10H,3-4,14-16H2,1-2H3/t5-,6?,7?/m0/s1. The van der Waals surface area contributed by atoms with E-state index < -0.39 is 30.0 Å². The Labute approximate surface area is 103 Å². The van der Waals surface area contributed by atoms with Crippen molar-refractivity contribution >= 4 is 30.0 Å². The Bertz CT molecular complexity index is 149. The van der Waals surface area contributed by atoms with Crippen molar-refractivity contribution in [1.82, 2.24) is 0 Å². The number of hydrogen-bond acceptors (Lipinski definition) is 6. The fraction of sp³-hybridized carbons (Fsp3) is 1.00. The Kier molecular flexibility index (Phi) is 10.8. The van der Waals surface area contributed by atoms with Crippen LogP contribution >= 0.6 is 0 Å². The molecule has 0 saturated carbocycles. The van der Waals surface area contributed by atoms with E-state index in [1.165, 1.54) is 0 Å². The third kappa shape index (κ3) is 5.65. The van der Waals surface area contributed by atoms with Crippen LogP contribution in [0.5, 0.6) is 0 Å². The zero-order valence-corrected chi connectivity index (χ0v) is 14.1. The molecule has 9 heteroatoms. The van der Waals surface area contributed by atoms with Gasteiger partial charge in [-0.3, -0.25) is 0 Å². The quantitative estimate of drug-likeness (QED) is 0.370. The summed E-state index contributed by atoms with van der Waals surface area (Å²) in [5.41, 5.74) is 0. The van der Waals surface area contributed by atoms with Crippen LogP contribution < -0.4 is 0 Å². The van der Waals surface area contributed by atoms with Gasteiger partial charge in [0.2, 0.25) is 0 Å². The van der Waals surface area contributed by atoms with E-state index in [1.807, 2.05) is 13.8 Å². The van der Waals surface area contributed by atoms with Crippen LogP contribution in [-0.2, 0) is 13.3 Å². The second-order valence-corrected chi connectivity index (χ2v) is 5.02. The average Bonchev–Trinajstić information content (AvgIpc) is 2.31. The van der Waals surface area contributed by atoms with E-state index in [-0.39, 0.29) is 18.3 Å². The summed E-state index contributed by atoms with van der Waals surface area (Å²) in [6.07, 6.45) is 0.452. The molecule has 0 rings (SSSR count). The van der Waals surface area contributed by atoms with E-state index in [2.05, 4.69) is 0 Å². The molecule has 0 amide bonds. The lowest BCUT2D eigenvalue weighted by Crippen LogP contribution is -2.44. The summed E-state index contributed by atoms with van der Waals surface area (Å²) in [4.78, 5) is 26.8. The molecule has 98 valence electrons. The van der Waals surface area contributed by atoms with Crippen molar-refractivity contribution in [1.29, 1.82) is 0 Å². The summed E-state index contributed by atoms with van der Waals surface area (Å²) in [5, 5.41) is 0. The Morgan fingerprint density at radius 3 is 1.44 bits per heavy atom. The van der Waals surface area contributed by atoms with Gasteiger partial charge in [-0.2, -0.15) is 0 Å². The van der Waals surface area contributed by atoms with E-state index in [0.29, 0.717) is 12.8 Å². The highest BCUT2D eigenvalue weighted by molar-refractivity contribution is 6.17. The molecule has 0 fully saturated rings. The van der Waals surface area contributed by atoms with Gasteiger partial charge in [0.15, 0.2) is 0 Å². The lowest BCUT2D eigenvalue weighted by Gasteiger charge is -2.32. The Morgan fingerprint density at radius 1 is 0.812 bits per heavy atom. The summed E-state index contributed by atoms with van der Waals surface area (Å²) in [6, 6.07) is 0. The maximum Gasteiger partial charge on any atom is 0.302 e. The SMILES string of the molecule is CCC(O[SiH2]O)C(O[SiH2]O)[C@H](CC)O[SiH2]O. The van der Waals surface area contributed by atoms with E-state index in [0.717, 1.165) is 0 Å². The minimum absolute atomic E-state index is 0.262. The zero-order chi connectivity index (χ0) is 12.4. The molecule has 0 aliphatic rings. The fourth-order valence-electron chi connectivity index (χ4n) is 1.62. The molecule has 0 aromatic rings. The van der Waals surface area contributed by atoms with E-state index in [1.54, 1.807) is 0 Å². The maximum atomic E-state index is 8.97. The molecule has 0 heterocycles. The molecule has 0 aliphatic carbocycles. The zero-order valence-electron chi connectivity index (χ0n) is 9.83. The van der Waals surface area contributed by atoms with Crippen molar-refractivity contribution in [3.8, 4) is 0 Å². The maximum absolute atomic E-state index is 8.97. The van der Waals surface area contributed by atoms with Gasteiger partial charge >= 0.3 is 30.0 Å². The van der Waals surface area contributed by atoms with E-state index >= 15 is 0 Å². The summed E-state index contributed by atoms with van der Waals surface area (Å²) in [5.74, 6) is 0. The molecule has 0 radical (unpaired) electrons. The largest absolute Gasteiger partial charge is 0.415 e. The molecule has 2 unspecified atom stereocenters. The highest BCUT2D eigenvalue weighted by Gasteiger charge is 2.29. The highest BCUT2D eigenvalue weighted by Crippen LogP contribution is 2.16. The molecule has 0 saturated heterocycles. The topological polar surface area (TPSA) is 88.4 Å². The van der Waals surface area contributed by atoms with Gasteiger partial charge in [-0.15, -0.1) is 0 Å². The average molecular weight is 287 g/mol. The van der Waals surface area contributed by atoms with Gasteiger partial charge in [0.1, 0.15) is 0 Å². The predicted molar refractivity (Wildman–Crippen MR) is 67.5 cm³/mol. The second kappa shape index (κ2) is 10.6. The van der Waals surface area contributed by atoms with Gasteiger partial charge in [-0.1, -0.05) is 13.8 Å². The first-order valence-electron chi connectivity index (χ1n) is 5.42. The number of rotatable bonds is 10. The first kappa shape index (κ1) is 16.4. The molecule has 0 aliphatic heterocycles. The van der Waals surface area contributed by atoms with Crippen LogP contribution in [0.25, 0.3) is 0 Å². The normalized spacial score (nSPS) is 19.3. The Balaban J connectivity index is 4.50. The van der Waals surface area contributed by atoms with Crippen LogP contribution in [0.2, 0.25) is 0 Å². The van der Waals surface area contributed by atoms with Crippen LogP contribution in [0.1, 0.15) is 26.7 Å². The Hall–Kier alpha value is 0.411. The molecular formula is C7H22O6Si3. The molecule has 0 aromatic heterocycles. The van der Waals surface area contributed by atoms with Crippen LogP contribution in [-0.4, -0.2) is 62.7 Å². The third-order valence-electron chi connectivity index (χ3n) is 2.38. The van der Waals surface area contributed by atoms with Gasteiger partial charge in [0, 0.05) is 0 Å². The molecule has 0 spiro atoms. The van der Waals surface area contributed by atoms with Crippen molar-refractivity contribution in [2.24, 2.45) is 0 Å². The smallest absolute Gasteiger partial charge is 0.302 e. The lowest BCUT2D eigenvalue weighted by molar-refractivity contribution is -0.0368. The third-order valence-corrected chi connectivity index (χ3v) is 4.07. The molecule has 0 bridgehead atoms. The van der Waals surface area contributed by atoms with Gasteiger partial charge < -0.3 is 27.7 Å².